The Morgan fingerprint density at radius 2 is 1.91 bits per heavy atom. The molecule has 2 N–H and O–H groups in total. The van der Waals surface area contributed by atoms with Crippen molar-refractivity contribution in [1.29, 1.82) is 0 Å². The molecule has 2 aromatic carbocycles. The van der Waals surface area contributed by atoms with Gasteiger partial charge < -0.3 is 15.2 Å². The van der Waals surface area contributed by atoms with Gasteiger partial charge in [0.15, 0.2) is 17.1 Å². The minimum Gasteiger partial charge on any atom is -0.505 e. The van der Waals surface area contributed by atoms with Gasteiger partial charge in [-0.15, -0.1) is 0 Å². The second kappa shape index (κ2) is 8.66. The van der Waals surface area contributed by atoms with Gasteiger partial charge in [0.2, 0.25) is 0 Å². The van der Waals surface area contributed by atoms with Gasteiger partial charge in [0.25, 0.3) is 5.91 Å². The summed E-state index contributed by atoms with van der Waals surface area (Å²) in [6, 6.07) is 15.1. The Bertz CT molecular complexity index is 1520. The van der Waals surface area contributed by atoms with E-state index < -0.39 is 11.9 Å². The third-order valence-corrected chi connectivity index (χ3v) is 5.36. The van der Waals surface area contributed by atoms with Crippen molar-refractivity contribution in [3.8, 4) is 22.6 Å². The zero-order chi connectivity index (χ0) is 23.7. The number of nitrogens with one attached hydrogen (secondary N) is 1. The minimum absolute atomic E-state index is 0.124. The molecule has 3 aromatic heterocycles. The summed E-state index contributed by atoms with van der Waals surface area (Å²) in [6.07, 6.45) is 4.92. The molecular weight excluding hydrogens is 436 g/mol. The molecule has 170 valence electrons. The monoisotopic (exact) mass is 456 g/mol. The maximum atomic E-state index is 12.9. The molecule has 5 aromatic rings. The van der Waals surface area contributed by atoms with Gasteiger partial charge in [-0.2, -0.15) is 10.2 Å². The number of ether oxygens (including phenoxy) is 1. The summed E-state index contributed by atoms with van der Waals surface area (Å²) in [5.74, 6) is -1.53. The first-order chi connectivity index (χ1) is 16.6. The molecule has 0 radical (unpaired) electrons. The van der Waals surface area contributed by atoms with Gasteiger partial charge in [0, 0.05) is 22.5 Å². The van der Waals surface area contributed by atoms with Gasteiger partial charge in [-0.3, -0.25) is 9.59 Å². The van der Waals surface area contributed by atoms with Crippen LogP contribution in [0.25, 0.3) is 33.2 Å². The first kappa shape index (κ1) is 21.1. The SMILES string of the molecule is CCOC(=O)CNC(=O)c1c(O)c2cccc(-c3cnn(-c4ccccc4)c3)c2c2ncnn12. The zero-order valence-corrected chi connectivity index (χ0v) is 18.2. The average molecular weight is 456 g/mol. The number of carbonyl (C=O) groups is 2. The number of para-hydroxylation sites is 1. The van der Waals surface area contributed by atoms with Crippen molar-refractivity contribution in [2.45, 2.75) is 6.92 Å². The number of pyridine rings is 1. The van der Waals surface area contributed by atoms with Crippen LogP contribution >= 0.6 is 0 Å². The molecule has 0 spiro atoms. The number of benzene rings is 2. The number of fused-ring (bicyclic) bond motifs is 3. The lowest BCUT2D eigenvalue weighted by molar-refractivity contribution is -0.141. The number of amides is 1. The van der Waals surface area contributed by atoms with Crippen LogP contribution in [0.5, 0.6) is 5.75 Å². The summed E-state index contributed by atoms with van der Waals surface area (Å²) in [6.45, 7) is 1.54. The molecule has 0 unspecified atom stereocenters. The Morgan fingerprint density at radius 1 is 1.09 bits per heavy atom. The predicted molar refractivity (Wildman–Crippen MR) is 124 cm³/mol. The summed E-state index contributed by atoms with van der Waals surface area (Å²) < 4.78 is 7.86. The van der Waals surface area contributed by atoms with Crippen LogP contribution in [-0.2, 0) is 9.53 Å². The van der Waals surface area contributed by atoms with E-state index in [1.54, 1.807) is 29.9 Å². The molecule has 0 aliphatic carbocycles. The van der Waals surface area contributed by atoms with Crippen LogP contribution < -0.4 is 5.32 Å². The van der Waals surface area contributed by atoms with Gasteiger partial charge in [0.1, 0.15) is 12.9 Å². The predicted octanol–water partition coefficient (Wildman–Crippen LogP) is 2.73. The summed E-state index contributed by atoms with van der Waals surface area (Å²) >= 11 is 0. The Kier molecular flexibility index (Phi) is 5.38. The molecule has 0 bridgehead atoms. The maximum absolute atomic E-state index is 12.9. The highest BCUT2D eigenvalue weighted by Crippen LogP contribution is 2.37. The van der Waals surface area contributed by atoms with E-state index >= 15 is 0 Å². The van der Waals surface area contributed by atoms with E-state index in [1.165, 1.54) is 10.8 Å². The highest BCUT2D eigenvalue weighted by Gasteiger charge is 2.24. The van der Waals surface area contributed by atoms with Crippen LogP contribution in [0.1, 0.15) is 17.4 Å². The lowest BCUT2D eigenvalue weighted by atomic mass is 10.00. The van der Waals surface area contributed by atoms with Crippen molar-refractivity contribution < 1.29 is 19.4 Å². The van der Waals surface area contributed by atoms with Crippen LogP contribution in [0.3, 0.4) is 0 Å². The smallest absolute Gasteiger partial charge is 0.325 e. The molecule has 1 amide bonds. The molecule has 10 heteroatoms. The molecule has 10 nitrogen and oxygen atoms in total. The van der Waals surface area contributed by atoms with E-state index in [0.717, 1.165) is 16.8 Å². The number of hydrogen-bond acceptors (Lipinski definition) is 7. The molecule has 0 aliphatic rings. The maximum Gasteiger partial charge on any atom is 0.325 e. The largest absolute Gasteiger partial charge is 0.505 e. The first-order valence-electron chi connectivity index (χ1n) is 10.6. The van der Waals surface area contributed by atoms with Crippen molar-refractivity contribution in [1.82, 2.24) is 29.7 Å². The van der Waals surface area contributed by atoms with Crippen LogP contribution in [0.15, 0.2) is 67.3 Å². The lowest BCUT2D eigenvalue weighted by Crippen LogP contribution is -2.32. The minimum atomic E-state index is -0.676. The van der Waals surface area contributed by atoms with Gasteiger partial charge in [0.05, 0.1) is 18.5 Å². The fourth-order valence-electron chi connectivity index (χ4n) is 3.87. The number of hydrogen-bond donors (Lipinski definition) is 2. The zero-order valence-electron chi connectivity index (χ0n) is 18.2. The number of nitrogens with zero attached hydrogens (tertiary/aromatic N) is 5. The molecule has 0 atom stereocenters. The van der Waals surface area contributed by atoms with Crippen LogP contribution in [0.2, 0.25) is 0 Å². The van der Waals surface area contributed by atoms with Crippen LogP contribution in [0.4, 0.5) is 0 Å². The number of rotatable bonds is 6. The van der Waals surface area contributed by atoms with E-state index in [1.807, 2.05) is 42.6 Å². The molecular formula is C24H20N6O4. The number of esters is 1. The Balaban J connectivity index is 1.62. The van der Waals surface area contributed by atoms with Crippen molar-refractivity contribution in [3.63, 3.8) is 0 Å². The summed E-state index contributed by atoms with van der Waals surface area (Å²) in [7, 11) is 0. The van der Waals surface area contributed by atoms with Gasteiger partial charge in [-0.1, -0.05) is 36.4 Å². The van der Waals surface area contributed by atoms with E-state index in [9.17, 15) is 14.7 Å². The Hall–Kier alpha value is -4.73. The molecule has 0 fully saturated rings. The Labute approximate surface area is 193 Å². The fraction of sp³-hybridized carbons (Fsp3) is 0.125. The van der Waals surface area contributed by atoms with Gasteiger partial charge in [-0.05, 0) is 24.6 Å². The molecule has 0 saturated heterocycles. The second-order valence-corrected chi connectivity index (χ2v) is 7.42. The van der Waals surface area contributed by atoms with Crippen molar-refractivity contribution in [3.05, 3.63) is 72.9 Å². The van der Waals surface area contributed by atoms with Crippen molar-refractivity contribution in [2.24, 2.45) is 0 Å². The number of aromatic nitrogens is 5. The normalized spacial score (nSPS) is 11.1. The average Bonchev–Trinajstić information content (AvgIpc) is 3.54. The highest BCUT2D eigenvalue weighted by molar-refractivity contribution is 6.12. The van der Waals surface area contributed by atoms with E-state index in [4.69, 9.17) is 4.74 Å². The molecule has 0 saturated carbocycles. The van der Waals surface area contributed by atoms with Crippen molar-refractivity contribution in [2.75, 3.05) is 13.2 Å². The van der Waals surface area contributed by atoms with Crippen LogP contribution in [-0.4, -0.2) is 54.5 Å². The molecule has 3 heterocycles. The lowest BCUT2D eigenvalue weighted by Gasteiger charge is -2.13. The summed E-state index contributed by atoms with van der Waals surface area (Å²) in [4.78, 5) is 28.9. The highest BCUT2D eigenvalue weighted by atomic mass is 16.5. The number of carbonyl (C=O) groups excluding carboxylic acids is 2. The van der Waals surface area contributed by atoms with E-state index in [2.05, 4.69) is 20.5 Å². The van der Waals surface area contributed by atoms with Crippen LogP contribution in [0, 0.1) is 0 Å². The molecule has 5 rings (SSSR count). The quantitative estimate of drug-likeness (QED) is 0.377. The van der Waals surface area contributed by atoms with E-state index in [-0.39, 0.29) is 24.6 Å². The second-order valence-electron chi connectivity index (χ2n) is 7.42. The van der Waals surface area contributed by atoms with Crippen molar-refractivity contribution >= 4 is 28.3 Å². The molecule has 34 heavy (non-hydrogen) atoms. The van der Waals surface area contributed by atoms with Gasteiger partial charge in [-0.25, -0.2) is 14.2 Å². The summed E-state index contributed by atoms with van der Waals surface area (Å²) in [5, 5.41) is 23.2. The topological polar surface area (TPSA) is 124 Å². The third-order valence-electron chi connectivity index (χ3n) is 5.36. The standard InChI is InChI=1S/C24H20N6O4/c1-2-34-19(31)12-25-24(33)21-22(32)18-10-6-9-17(20(18)23-26-14-28-30(21)23)15-11-27-29(13-15)16-7-4-3-5-8-16/h3-11,13-14,32H,2,12H2,1H3,(H,25,33). The fourth-order valence-corrected chi connectivity index (χ4v) is 3.87. The Morgan fingerprint density at radius 3 is 2.71 bits per heavy atom. The number of aromatic hydroxyl groups is 1. The molecule has 0 aliphatic heterocycles. The third kappa shape index (κ3) is 3.60. The van der Waals surface area contributed by atoms with E-state index in [0.29, 0.717) is 16.4 Å². The summed E-state index contributed by atoms with van der Waals surface area (Å²) in [5.41, 5.74) is 2.74. The first-order valence-corrected chi connectivity index (χ1v) is 10.6. The van der Waals surface area contributed by atoms with Gasteiger partial charge >= 0.3 is 5.97 Å².